The van der Waals surface area contributed by atoms with Gasteiger partial charge in [0.15, 0.2) is 0 Å². The third-order valence-corrected chi connectivity index (χ3v) is 4.69. The molecule has 1 aliphatic carbocycles. The predicted molar refractivity (Wildman–Crippen MR) is 76.9 cm³/mol. The van der Waals surface area contributed by atoms with Crippen molar-refractivity contribution in [3.8, 4) is 15.6 Å². The number of carbonyl (C=O) groups excluding carboxylic acids is 1. The molecule has 0 aliphatic heterocycles. The van der Waals surface area contributed by atoms with E-state index in [-0.39, 0.29) is 10.6 Å². The molecule has 1 saturated carbocycles. The molecule has 1 aliphatic rings. The first-order valence-electron chi connectivity index (χ1n) is 6.39. The molecule has 20 heavy (non-hydrogen) atoms. The first-order chi connectivity index (χ1) is 9.48. The van der Waals surface area contributed by atoms with Gasteiger partial charge in [-0.1, -0.05) is 18.3 Å². The lowest BCUT2D eigenvalue weighted by atomic mass is 10.0. The number of nitrogens with two attached hydrogens (primary N) is 1. The van der Waals surface area contributed by atoms with Crippen LogP contribution in [0.3, 0.4) is 0 Å². The van der Waals surface area contributed by atoms with Crippen molar-refractivity contribution in [1.29, 1.82) is 0 Å². The molecule has 0 aromatic carbocycles. The van der Waals surface area contributed by atoms with Gasteiger partial charge >= 0.3 is 6.09 Å². The molecule has 0 saturated heterocycles. The number of primary amides is 1. The molecule has 2 aromatic rings. The molecule has 1 amide bonds. The van der Waals surface area contributed by atoms with Crippen LogP contribution in [0.4, 0.5) is 4.79 Å². The van der Waals surface area contributed by atoms with Crippen LogP contribution < -0.4 is 10.5 Å². The van der Waals surface area contributed by atoms with Crippen molar-refractivity contribution >= 4 is 17.4 Å². The largest absolute Gasteiger partial charge is 0.411 e. The molecule has 3 rings (SSSR count). The lowest BCUT2D eigenvalue weighted by molar-refractivity contribution is 0.210. The number of pyridine rings is 1. The lowest BCUT2D eigenvalue weighted by Crippen LogP contribution is -2.15. The van der Waals surface area contributed by atoms with Gasteiger partial charge in [-0.05, 0) is 37.5 Å². The number of hydrogen-bond donors (Lipinski definition) is 1. The molecule has 0 radical (unpaired) electrons. The van der Waals surface area contributed by atoms with Crippen LogP contribution in [-0.4, -0.2) is 16.1 Å². The number of aromatic nitrogens is 2. The van der Waals surface area contributed by atoms with E-state index in [1.165, 1.54) is 24.2 Å². The van der Waals surface area contributed by atoms with Gasteiger partial charge in [0, 0.05) is 17.3 Å². The number of amides is 1. The van der Waals surface area contributed by atoms with Crippen molar-refractivity contribution in [2.45, 2.75) is 32.1 Å². The normalized spacial score (nSPS) is 15.9. The lowest BCUT2D eigenvalue weighted by Gasteiger charge is -2.08. The fourth-order valence-corrected chi connectivity index (χ4v) is 3.03. The van der Waals surface area contributed by atoms with Crippen LogP contribution in [-0.2, 0) is 5.41 Å². The maximum absolute atomic E-state index is 10.8. The molecule has 2 aromatic heterocycles. The molecule has 0 spiro atoms. The standard InChI is InChI=1S/C14H15N3O2S/c1-8-11(20-13(17-8)19-12(15)18)9-3-6-16-10(7-9)14(2)4-5-14/h3,6-7H,4-5H2,1-2H3,(H2,15,18). The van der Waals surface area contributed by atoms with Gasteiger partial charge in [-0.25, -0.2) is 9.78 Å². The van der Waals surface area contributed by atoms with Gasteiger partial charge in [0.05, 0.1) is 10.6 Å². The number of ether oxygens (including phenoxy) is 1. The summed E-state index contributed by atoms with van der Waals surface area (Å²) in [5.41, 5.74) is 8.22. The molecule has 104 valence electrons. The van der Waals surface area contributed by atoms with Crippen LogP contribution in [0, 0.1) is 6.92 Å². The van der Waals surface area contributed by atoms with E-state index < -0.39 is 6.09 Å². The molecule has 2 N–H and O–H groups in total. The third kappa shape index (κ3) is 2.38. The number of thiazole rings is 1. The van der Waals surface area contributed by atoms with Crippen molar-refractivity contribution < 1.29 is 9.53 Å². The van der Waals surface area contributed by atoms with E-state index in [1.807, 2.05) is 19.2 Å². The predicted octanol–water partition coefficient (Wildman–Crippen LogP) is 3.02. The highest BCUT2D eigenvalue weighted by Gasteiger charge is 2.40. The summed E-state index contributed by atoms with van der Waals surface area (Å²) in [6, 6.07) is 4.05. The Morgan fingerprint density at radius 1 is 1.50 bits per heavy atom. The topological polar surface area (TPSA) is 78.1 Å². The van der Waals surface area contributed by atoms with Gasteiger partial charge in [-0.15, -0.1) is 0 Å². The van der Waals surface area contributed by atoms with E-state index in [0.717, 1.165) is 21.8 Å². The SMILES string of the molecule is Cc1nc(OC(N)=O)sc1-c1ccnc(C2(C)CC2)c1. The Hall–Kier alpha value is -1.95. The van der Waals surface area contributed by atoms with Gasteiger partial charge in [-0.3, -0.25) is 4.98 Å². The van der Waals surface area contributed by atoms with Crippen molar-refractivity contribution in [3.63, 3.8) is 0 Å². The minimum absolute atomic E-state index is 0.223. The van der Waals surface area contributed by atoms with Gasteiger partial charge in [0.1, 0.15) is 0 Å². The highest BCUT2D eigenvalue weighted by molar-refractivity contribution is 7.17. The smallest absolute Gasteiger partial charge is 0.381 e. The van der Waals surface area contributed by atoms with E-state index in [1.54, 1.807) is 0 Å². The number of aryl methyl sites for hydroxylation is 1. The second-order valence-electron chi connectivity index (χ2n) is 5.31. The molecule has 0 atom stereocenters. The minimum Gasteiger partial charge on any atom is -0.381 e. The summed E-state index contributed by atoms with van der Waals surface area (Å²) in [6.45, 7) is 4.11. The van der Waals surface area contributed by atoms with Gasteiger partial charge in [0.25, 0.3) is 5.19 Å². The number of rotatable bonds is 3. The number of hydrogen-bond acceptors (Lipinski definition) is 5. The Balaban J connectivity index is 1.96. The zero-order chi connectivity index (χ0) is 14.3. The number of nitrogens with zero attached hydrogens (tertiary/aromatic N) is 2. The van der Waals surface area contributed by atoms with E-state index in [2.05, 4.69) is 23.0 Å². The van der Waals surface area contributed by atoms with Gasteiger partial charge in [-0.2, -0.15) is 0 Å². The molecular formula is C14H15N3O2S. The van der Waals surface area contributed by atoms with E-state index in [4.69, 9.17) is 10.5 Å². The second-order valence-corrected chi connectivity index (χ2v) is 6.27. The summed E-state index contributed by atoms with van der Waals surface area (Å²) < 4.78 is 4.84. The average Bonchev–Trinajstić information content (AvgIpc) is 3.04. The molecular weight excluding hydrogens is 274 g/mol. The van der Waals surface area contributed by atoms with Crippen molar-refractivity contribution in [2.24, 2.45) is 5.73 Å². The summed E-state index contributed by atoms with van der Waals surface area (Å²) in [5.74, 6) is 0. The van der Waals surface area contributed by atoms with Crippen molar-refractivity contribution in [2.75, 3.05) is 0 Å². The summed E-state index contributed by atoms with van der Waals surface area (Å²) in [4.78, 5) is 20.4. The highest BCUT2D eigenvalue weighted by atomic mass is 32.1. The fourth-order valence-electron chi connectivity index (χ4n) is 2.11. The second kappa shape index (κ2) is 4.56. The molecule has 5 nitrogen and oxygen atoms in total. The molecule has 1 fully saturated rings. The van der Waals surface area contributed by atoms with Gasteiger partial charge < -0.3 is 10.5 Å². The Labute approximate surface area is 120 Å². The van der Waals surface area contributed by atoms with Crippen LogP contribution >= 0.6 is 11.3 Å². The zero-order valence-corrected chi connectivity index (χ0v) is 12.2. The van der Waals surface area contributed by atoms with Crippen LogP contribution in [0.5, 0.6) is 5.19 Å². The van der Waals surface area contributed by atoms with Gasteiger partial charge in [0.2, 0.25) is 0 Å². The monoisotopic (exact) mass is 289 g/mol. The van der Waals surface area contributed by atoms with Crippen LogP contribution in [0.25, 0.3) is 10.4 Å². The third-order valence-electron chi connectivity index (χ3n) is 3.61. The molecule has 0 bridgehead atoms. The Morgan fingerprint density at radius 3 is 2.90 bits per heavy atom. The zero-order valence-electron chi connectivity index (χ0n) is 11.3. The summed E-state index contributed by atoms with van der Waals surface area (Å²) >= 11 is 1.32. The quantitative estimate of drug-likeness (QED) is 0.942. The molecule has 2 heterocycles. The van der Waals surface area contributed by atoms with Crippen molar-refractivity contribution in [3.05, 3.63) is 29.7 Å². The maximum Gasteiger partial charge on any atom is 0.411 e. The molecule has 6 heteroatoms. The minimum atomic E-state index is -0.841. The summed E-state index contributed by atoms with van der Waals surface area (Å²) in [6.07, 6.45) is 3.34. The van der Waals surface area contributed by atoms with Crippen LogP contribution in [0.2, 0.25) is 0 Å². The fraction of sp³-hybridized carbons (Fsp3) is 0.357. The Kier molecular flexibility index (Phi) is 2.97. The first-order valence-corrected chi connectivity index (χ1v) is 7.21. The average molecular weight is 289 g/mol. The number of carbonyl (C=O) groups is 1. The Bertz CT molecular complexity index is 677. The summed E-state index contributed by atoms with van der Waals surface area (Å²) in [7, 11) is 0. The Morgan fingerprint density at radius 2 is 2.25 bits per heavy atom. The van der Waals surface area contributed by atoms with E-state index in [0.29, 0.717) is 0 Å². The van der Waals surface area contributed by atoms with Crippen LogP contribution in [0.1, 0.15) is 31.2 Å². The van der Waals surface area contributed by atoms with E-state index >= 15 is 0 Å². The summed E-state index contributed by atoms with van der Waals surface area (Å²) in [5, 5.41) is 0.279. The maximum atomic E-state index is 10.8. The van der Waals surface area contributed by atoms with Crippen molar-refractivity contribution in [1.82, 2.24) is 9.97 Å². The van der Waals surface area contributed by atoms with E-state index in [9.17, 15) is 4.79 Å². The first kappa shape index (κ1) is 13.1. The molecule has 0 unspecified atom stereocenters. The van der Waals surface area contributed by atoms with Crippen LogP contribution in [0.15, 0.2) is 18.3 Å². The highest BCUT2D eigenvalue weighted by Crippen LogP contribution is 2.47.